The third-order valence-electron chi connectivity index (χ3n) is 7.66. The first kappa shape index (κ1) is 28.7. The quantitative estimate of drug-likeness (QED) is 0.167. The van der Waals surface area contributed by atoms with Gasteiger partial charge in [0.15, 0.2) is 6.10 Å². The molecule has 1 aliphatic carbocycles. The number of allylic oxidation sites excluding steroid dienone is 1. The molecule has 1 amide bonds. The standard InChI is InChI=1S/C31H36ClNO6/c1-19(28(34)27-29(35)26(39-31(27)37)17-21-6-4-3-5-7-21)16-22-10-8-20(9-11-22)14-15-33-30(36)24-18-23(32)12-13-25(24)38-2/h8-13,18-19,21,26,34H,3-7,14-17H2,1-2H3,(H,33,36)/t19-,26+/m0/s1. The molecule has 208 valence electrons. The predicted octanol–water partition coefficient (Wildman–Crippen LogP) is 5.78. The summed E-state index contributed by atoms with van der Waals surface area (Å²) < 4.78 is 10.6. The summed E-state index contributed by atoms with van der Waals surface area (Å²) in [7, 11) is 1.50. The molecule has 2 aromatic rings. The lowest BCUT2D eigenvalue weighted by atomic mass is 9.84. The molecule has 0 spiro atoms. The Morgan fingerprint density at radius 1 is 1.10 bits per heavy atom. The second-order valence-electron chi connectivity index (χ2n) is 10.5. The Labute approximate surface area is 234 Å². The molecule has 39 heavy (non-hydrogen) atoms. The topological polar surface area (TPSA) is 102 Å². The molecule has 2 fully saturated rings. The molecule has 1 heterocycles. The lowest BCUT2D eigenvalue weighted by Gasteiger charge is -2.22. The van der Waals surface area contributed by atoms with Crippen molar-refractivity contribution in [3.8, 4) is 5.75 Å². The molecule has 1 saturated carbocycles. The minimum atomic E-state index is -0.773. The molecule has 8 heteroatoms. The second kappa shape index (κ2) is 13.2. The second-order valence-corrected chi connectivity index (χ2v) is 11.0. The van der Waals surface area contributed by atoms with Gasteiger partial charge in [-0.25, -0.2) is 4.79 Å². The van der Waals surface area contributed by atoms with Crippen molar-refractivity contribution in [1.82, 2.24) is 5.32 Å². The van der Waals surface area contributed by atoms with Crippen molar-refractivity contribution < 1.29 is 29.0 Å². The van der Waals surface area contributed by atoms with E-state index in [0.717, 1.165) is 36.8 Å². The number of esters is 1. The summed E-state index contributed by atoms with van der Waals surface area (Å²) in [6.07, 6.45) is 6.50. The van der Waals surface area contributed by atoms with Crippen LogP contribution in [0.2, 0.25) is 5.02 Å². The molecule has 0 radical (unpaired) electrons. The van der Waals surface area contributed by atoms with E-state index in [1.54, 1.807) is 25.1 Å². The first-order chi connectivity index (χ1) is 18.8. The zero-order valence-electron chi connectivity index (χ0n) is 22.5. The highest BCUT2D eigenvalue weighted by atomic mass is 35.5. The fourth-order valence-corrected chi connectivity index (χ4v) is 5.60. The van der Waals surface area contributed by atoms with Crippen LogP contribution in [0.3, 0.4) is 0 Å². The van der Waals surface area contributed by atoms with Gasteiger partial charge in [-0.3, -0.25) is 9.59 Å². The van der Waals surface area contributed by atoms with E-state index in [1.165, 1.54) is 13.5 Å². The monoisotopic (exact) mass is 553 g/mol. The fourth-order valence-electron chi connectivity index (χ4n) is 5.43. The number of benzene rings is 2. The number of hydrogen-bond acceptors (Lipinski definition) is 6. The van der Waals surface area contributed by atoms with Crippen LogP contribution in [0.5, 0.6) is 5.75 Å². The van der Waals surface area contributed by atoms with Crippen LogP contribution >= 0.6 is 11.6 Å². The number of Topliss-reactive ketones (excluding diaryl/α,β-unsaturated/α-hetero) is 1. The van der Waals surface area contributed by atoms with Crippen LogP contribution in [0.25, 0.3) is 0 Å². The Morgan fingerprint density at radius 3 is 2.49 bits per heavy atom. The SMILES string of the molecule is COc1ccc(Cl)cc1C(=O)NCCc1ccc(C[C@H](C)C(O)=C2C(=O)O[C@H](CC3CCCCC3)C2=O)cc1. The molecule has 2 N–H and O–H groups in total. The van der Waals surface area contributed by atoms with Gasteiger partial charge in [0, 0.05) is 17.5 Å². The maximum absolute atomic E-state index is 12.9. The fraction of sp³-hybridized carbons (Fsp3) is 0.452. The predicted molar refractivity (Wildman–Crippen MR) is 149 cm³/mol. The Hall–Kier alpha value is -3.32. The summed E-state index contributed by atoms with van der Waals surface area (Å²) in [6.45, 7) is 2.23. The number of carbonyl (C=O) groups is 3. The van der Waals surface area contributed by atoms with Gasteiger partial charge in [0.05, 0.1) is 12.7 Å². The summed E-state index contributed by atoms with van der Waals surface area (Å²) in [5.74, 6) is -1.11. The van der Waals surface area contributed by atoms with Gasteiger partial charge in [-0.1, -0.05) is 74.9 Å². The Morgan fingerprint density at radius 2 is 1.79 bits per heavy atom. The molecule has 2 aliphatic rings. The molecule has 0 unspecified atom stereocenters. The summed E-state index contributed by atoms with van der Waals surface area (Å²) in [4.78, 5) is 37.9. The van der Waals surface area contributed by atoms with E-state index in [-0.39, 0.29) is 23.0 Å². The van der Waals surface area contributed by atoms with Gasteiger partial charge in [0.2, 0.25) is 5.78 Å². The molecular weight excluding hydrogens is 518 g/mol. The number of methoxy groups -OCH3 is 1. The number of nitrogens with one attached hydrogen (secondary N) is 1. The van der Waals surface area contributed by atoms with Gasteiger partial charge in [-0.15, -0.1) is 0 Å². The number of halogens is 1. The molecule has 1 aliphatic heterocycles. The number of amides is 1. The molecule has 2 atom stereocenters. The maximum Gasteiger partial charge on any atom is 0.346 e. The average Bonchev–Trinajstić information content (AvgIpc) is 3.21. The van der Waals surface area contributed by atoms with E-state index < -0.39 is 18.0 Å². The average molecular weight is 554 g/mol. The summed E-state index contributed by atoms with van der Waals surface area (Å²) in [6, 6.07) is 12.7. The molecule has 2 aromatic carbocycles. The zero-order chi connectivity index (χ0) is 27.9. The molecule has 1 saturated heterocycles. The van der Waals surface area contributed by atoms with Gasteiger partial charge in [0.25, 0.3) is 5.91 Å². The van der Waals surface area contributed by atoms with E-state index in [4.69, 9.17) is 21.1 Å². The number of hydrogen-bond donors (Lipinski definition) is 2. The summed E-state index contributed by atoms with van der Waals surface area (Å²) >= 11 is 6.02. The summed E-state index contributed by atoms with van der Waals surface area (Å²) in [5.41, 5.74) is 2.19. The van der Waals surface area contributed by atoms with Gasteiger partial charge < -0.3 is 19.9 Å². The minimum absolute atomic E-state index is 0.188. The number of carbonyl (C=O) groups excluding carboxylic acids is 3. The van der Waals surface area contributed by atoms with Crippen molar-refractivity contribution >= 4 is 29.3 Å². The lowest BCUT2D eigenvalue weighted by Crippen LogP contribution is -2.26. The smallest absolute Gasteiger partial charge is 0.346 e. The molecular formula is C31H36ClNO6. The zero-order valence-corrected chi connectivity index (χ0v) is 23.3. The van der Waals surface area contributed by atoms with E-state index in [9.17, 15) is 19.5 Å². The van der Waals surface area contributed by atoms with Gasteiger partial charge >= 0.3 is 5.97 Å². The third-order valence-corrected chi connectivity index (χ3v) is 7.89. The normalized spacial score (nSPS) is 19.9. The van der Waals surface area contributed by atoms with Crippen molar-refractivity contribution in [2.75, 3.05) is 13.7 Å². The van der Waals surface area contributed by atoms with Crippen LogP contribution in [0.15, 0.2) is 53.8 Å². The molecule has 7 nitrogen and oxygen atoms in total. The molecule has 0 aromatic heterocycles. The minimum Gasteiger partial charge on any atom is -0.511 e. The summed E-state index contributed by atoms with van der Waals surface area (Å²) in [5, 5.41) is 14.2. The van der Waals surface area contributed by atoms with Crippen LogP contribution in [0.4, 0.5) is 0 Å². The van der Waals surface area contributed by atoms with Crippen molar-refractivity contribution in [3.05, 3.63) is 75.5 Å². The largest absolute Gasteiger partial charge is 0.511 e. The molecule has 4 rings (SSSR count). The highest BCUT2D eigenvalue weighted by Crippen LogP contribution is 2.33. The number of ketones is 1. The molecule has 0 bridgehead atoms. The van der Waals surface area contributed by atoms with Crippen LogP contribution < -0.4 is 10.1 Å². The van der Waals surface area contributed by atoms with Crippen molar-refractivity contribution in [1.29, 1.82) is 0 Å². The Bertz CT molecular complexity index is 1230. The van der Waals surface area contributed by atoms with Crippen LogP contribution in [-0.4, -0.2) is 42.5 Å². The highest BCUT2D eigenvalue weighted by Gasteiger charge is 2.42. The first-order valence-electron chi connectivity index (χ1n) is 13.6. The highest BCUT2D eigenvalue weighted by molar-refractivity contribution is 6.31. The maximum atomic E-state index is 12.9. The van der Waals surface area contributed by atoms with E-state index in [0.29, 0.717) is 48.1 Å². The van der Waals surface area contributed by atoms with Crippen molar-refractivity contribution in [2.24, 2.45) is 11.8 Å². The number of aliphatic hydroxyl groups is 1. The van der Waals surface area contributed by atoms with Crippen LogP contribution in [0, 0.1) is 11.8 Å². The van der Waals surface area contributed by atoms with Crippen LogP contribution in [-0.2, 0) is 27.2 Å². The Kier molecular flexibility index (Phi) is 9.68. The van der Waals surface area contributed by atoms with E-state index in [1.807, 2.05) is 24.3 Å². The lowest BCUT2D eigenvalue weighted by molar-refractivity contribution is -0.141. The first-order valence-corrected chi connectivity index (χ1v) is 14.0. The number of aliphatic hydroxyl groups excluding tert-OH is 1. The number of ether oxygens (including phenoxy) is 2. The van der Waals surface area contributed by atoms with E-state index >= 15 is 0 Å². The van der Waals surface area contributed by atoms with E-state index in [2.05, 4.69) is 5.32 Å². The van der Waals surface area contributed by atoms with Gasteiger partial charge in [-0.2, -0.15) is 0 Å². The third kappa shape index (κ3) is 7.21. The van der Waals surface area contributed by atoms with Gasteiger partial charge in [-0.05, 0) is 54.5 Å². The van der Waals surface area contributed by atoms with Crippen LogP contribution in [0.1, 0.15) is 66.9 Å². The van der Waals surface area contributed by atoms with Crippen molar-refractivity contribution in [2.45, 2.75) is 64.4 Å². The van der Waals surface area contributed by atoms with Crippen molar-refractivity contribution in [3.63, 3.8) is 0 Å². The number of cyclic esters (lactones) is 1. The Balaban J connectivity index is 1.30. The number of rotatable bonds is 10. The van der Waals surface area contributed by atoms with Gasteiger partial charge in [0.1, 0.15) is 17.1 Å².